The van der Waals surface area contributed by atoms with Gasteiger partial charge >= 0.3 is 0 Å². The van der Waals surface area contributed by atoms with Gasteiger partial charge in [0.15, 0.2) is 11.6 Å². The van der Waals surface area contributed by atoms with Crippen molar-refractivity contribution in [1.82, 2.24) is 0 Å². The van der Waals surface area contributed by atoms with E-state index in [1.54, 1.807) is 0 Å². The molecule has 0 aliphatic heterocycles. The van der Waals surface area contributed by atoms with Crippen molar-refractivity contribution in [3.8, 4) is 0 Å². The molecule has 6 heteroatoms. The Hall–Kier alpha value is 0.480. The Morgan fingerprint density at radius 1 is 0.688 bits per heavy atom. The van der Waals surface area contributed by atoms with Crippen LogP contribution < -0.4 is 0 Å². The number of halogens is 4. The molecule has 0 spiro atoms. The van der Waals surface area contributed by atoms with Crippen molar-refractivity contribution in [3.05, 3.63) is 29.0 Å². The molecule has 0 atom stereocenters. The molecule has 86 valence electrons. The highest BCUT2D eigenvalue weighted by Gasteiger charge is 2.23. The zero-order valence-electron chi connectivity index (χ0n) is 8.33. The lowest BCUT2D eigenvalue weighted by Crippen LogP contribution is -2.04. The van der Waals surface area contributed by atoms with Gasteiger partial charge in [0.2, 0.25) is 0 Å². The Morgan fingerprint density at radius 3 is 1.00 bits per heavy atom. The predicted molar refractivity (Wildman–Crippen MR) is 77.3 cm³/mol. The molecule has 0 saturated heterocycles. The van der Waals surface area contributed by atoms with Crippen LogP contribution in [0, 0.1) is 0 Å². The highest BCUT2D eigenvalue weighted by atomic mass is 79.9. The van der Waals surface area contributed by atoms with Crippen molar-refractivity contribution < 1.29 is 9.59 Å². The minimum atomic E-state index is -0.0877. The van der Waals surface area contributed by atoms with Gasteiger partial charge in [-0.15, -0.1) is 0 Å². The monoisotopic (exact) mass is 474 g/mol. The van der Waals surface area contributed by atoms with Crippen molar-refractivity contribution in [1.29, 1.82) is 0 Å². The summed E-state index contributed by atoms with van der Waals surface area (Å²) in [5, 5.41) is 0. The summed E-state index contributed by atoms with van der Waals surface area (Å²) in [6.07, 6.45) is 0. The first-order valence-electron chi connectivity index (χ1n) is 4.16. The first-order valence-corrected chi connectivity index (χ1v) is 7.34. The Bertz CT molecular complexity index is 420. The van der Waals surface area contributed by atoms with Crippen LogP contribution in [0.4, 0.5) is 0 Å². The van der Waals surface area contributed by atoms with E-state index in [-0.39, 0.29) is 11.6 Å². The minimum absolute atomic E-state index is 0.0877. The second-order valence-electron chi connectivity index (χ2n) is 3.12. The Balaban J connectivity index is 3.77. The van der Waals surface area contributed by atoms with E-state index < -0.39 is 0 Å². The smallest absolute Gasteiger partial charge is 0.162 e. The predicted octanol–water partition coefficient (Wildman–Crippen LogP) is 5.14. The highest BCUT2D eigenvalue weighted by Crippen LogP contribution is 2.42. The standard InChI is InChI=1S/C10H6Br4O2/c1-3(15)5-7(11)9(13)6(4(2)16)10(14)8(5)12/h1-2H3. The van der Waals surface area contributed by atoms with Gasteiger partial charge in [0.05, 0.1) is 0 Å². The molecule has 16 heavy (non-hydrogen) atoms. The van der Waals surface area contributed by atoms with E-state index in [0.29, 0.717) is 29.0 Å². The van der Waals surface area contributed by atoms with Crippen LogP contribution in [0.1, 0.15) is 34.6 Å². The van der Waals surface area contributed by atoms with Gasteiger partial charge in [0.1, 0.15) is 0 Å². The van der Waals surface area contributed by atoms with Gasteiger partial charge in [-0.05, 0) is 77.6 Å². The van der Waals surface area contributed by atoms with Crippen LogP contribution in [0.25, 0.3) is 0 Å². The van der Waals surface area contributed by atoms with Crippen LogP contribution in [0.15, 0.2) is 17.9 Å². The first kappa shape index (κ1) is 14.5. The van der Waals surface area contributed by atoms with Crippen molar-refractivity contribution >= 4 is 75.3 Å². The number of ketones is 2. The van der Waals surface area contributed by atoms with Gasteiger partial charge in [0, 0.05) is 29.0 Å². The molecule has 0 fully saturated rings. The Morgan fingerprint density at radius 2 is 0.875 bits per heavy atom. The molecule has 0 bridgehead atoms. The van der Waals surface area contributed by atoms with Crippen molar-refractivity contribution in [2.24, 2.45) is 0 Å². The molecule has 0 N–H and O–H groups in total. The second kappa shape index (κ2) is 5.42. The Kier molecular flexibility index (Phi) is 4.92. The molecule has 0 amide bonds. The second-order valence-corrected chi connectivity index (χ2v) is 6.29. The molecule has 0 radical (unpaired) electrons. The highest BCUT2D eigenvalue weighted by molar-refractivity contribution is 9.14. The summed E-state index contributed by atoms with van der Waals surface area (Å²) in [4.78, 5) is 23.0. The molecular formula is C10H6Br4O2. The van der Waals surface area contributed by atoms with E-state index in [1.807, 2.05) is 0 Å². The van der Waals surface area contributed by atoms with Gasteiger partial charge in [-0.25, -0.2) is 0 Å². The summed E-state index contributed by atoms with van der Waals surface area (Å²) in [5.41, 5.74) is 1.01. The molecule has 0 aromatic heterocycles. The molecule has 1 aromatic carbocycles. The normalized spacial score (nSPS) is 10.4. The quantitative estimate of drug-likeness (QED) is 0.436. The zero-order chi connectivity index (χ0) is 12.6. The lowest BCUT2D eigenvalue weighted by molar-refractivity contribution is 0.0999. The topological polar surface area (TPSA) is 34.1 Å². The molecule has 1 rings (SSSR count). The zero-order valence-corrected chi connectivity index (χ0v) is 14.7. The van der Waals surface area contributed by atoms with Crippen LogP contribution in [-0.4, -0.2) is 11.6 Å². The van der Waals surface area contributed by atoms with E-state index in [2.05, 4.69) is 63.7 Å². The number of rotatable bonds is 2. The van der Waals surface area contributed by atoms with Crippen LogP contribution in [-0.2, 0) is 0 Å². The summed E-state index contributed by atoms with van der Waals surface area (Å²) in [6.45, 7) is 2.94. The number of benzene rings is 1. The molecule has 2 nitrogen and oxygen atoms in total. The fourth-order valence-electron chi connectivity index (χ4n) is 1.25. The number of hydrogen-bond acceptors (Lipinski definition) is 2. The van der Waals surface area contributed by atoms with E-state index in [4.69, 9.17) is 0 Å². The molecule has 0 heterocycles. The molecular weight excluding hydrogens is 472 g/mol. The fourth-order valence-corrected chi connectivity index (χ4v) is 4.48. The van der Waals surface area contributed by atoms with Gasteiger partial charge in [-0.1, -0.05) is 0 Å². The van der Waals surface area contributed by atoms with Crippen LogP contribution >= 0.6 is 63.7 Å². The maximum Gasteiger partial charge on any atom is 0.162 e. The van der Waals surface area contributed by atoms with E-state index >= 15 is 0 Å². The molecule has 0 unspecified atom stereocenters. The number of carbonyl (C=O) groups is 2. The lowest BCUT2D eigenvalue weighted by Gasteiger charge is -2.13. The molecule has 0 saturated carbocycles. The van der Waals surface area contributed by atoms with Crippen LogP contribution in [0.5, 0.6) is 0 Å². The van der Waals surface area contributed by atoms with Crippen molar-refractivity contribution in [2.75, 3.05) is 0 Å². The third kappa shape index (κ3) is 2.49. The molecule has 1 aromatic rings. The van der Waals surface area contributed by atoms with Crippen molar-refractivity contribution in [3.63, 3.8) is 0 Å². The lowest BCUT2D eigenvalue weighted by atomic mass is 10.1. The largest absolute Gasteiger partial charge is 0.294 e. The SMILES string of the molecule is CC(=O)c1c(Br)c(Br)c(C(C)=O)c(Br)c1Br. The van der Waals surface area contributed by atoms with Crippen molar-refractivity contribution in [2.45, 2.75) is 13.8 Å². The van der Waals surface area contributed by atoms with E-state index in [9.17, 15) is 9.59 Å². The third-order valence-electron chi connectivity index (χ3n) is 1.97. The Labute approximate surface area is 127 Å². The summed E-state index contributed by atoms with van der Waals surface area (Å²) in [7, 11) is 0. The third-order valence-corrected chi connectivity index (χ3v) is 6.20. The van der Waals surface area contributed by atoms with Gasteiger partial charge in [-0.2, -0.15) is 0 Å². The van der Waals surface area contributed by atoms with E-state index in [1.165, 1.54) is 13.8 Å². The van der Waals surface area contributed by atoms with E-state index in [0.717, 1.165) is 0 Å². The first-order chi connectivity index (χ1) is 7.29. The average molecular weight is 478 g/mol. The summed E-state index contributed by atoms with van der Waals surface area (Å²) < 4.78 is 2.33. The minimum Gasteiger partial charge on any atom is -0.294 e. The van der Waals surface area contributed by atoms with Crippen LogP contribution in [0.2, 0.25) is 0 Å². The van der Waals surface area contributed by atoms with Gasteiger partial charge in [-0.3, -0.25) is 9.59 Å². The van der Waals surface area contributed by atoms with Gasteiger partial charge < -0.3 is 0 Å². The summed E-state index contributed by atoms with van der Waals surface area (Å²) >= 11 is 13.3. The maximum atomic E-state index is 11.5. The maximum absolute atomic E-state index is 11.5. The number of carbonyl (C=O) groups excluding carboxylic acids is 2. The number of Topliss-reactive ketones (excluding diaryl/α,β-unsaturated/α-hetero) is 2. The summed E-state index contributed by atoms with van der Waals surface area (Å²) in [6, 6.07) is 0. The number of hydrogen-bond donors (Lipinski definition) is 0. The average Bonchev–Trinajstić information content (AvgIpc) is 2.14. The fraction of sp³-hybridized carbons (Fsp3) is 0.200. The summed E-state index contributed by atoms with van der Waals surface area (Å²) in [5.74, 6) is -0.175. The molecule has 0 aliphatic carbocycles. The van der Waals surface area contributed by atoms with Gasteiger partial charge in [0.25, 0.3) is 0 Å². The molecule has 0 aliphatic rings. The van der Waals surface area contributed by atoms with Crippen LogP contribution in [0.3, 0.4) is 0 Å².